The first kappa shape index (κ1) is 18.2. The highest BCUT2D eigenvalue weighted by Crippen LogP contribution is 2.40. The Labute approximate surface area is 154 Å². The van der Waals surface area contributed by atoms with Gasteiger partial charge in [-0.3, -0.25) is 29.4 Å². The van der Waals surface area contributed by atoms with Crippen LogP contribution in [0.5, 0.6) is 0 Å². The molecule has 1 heterocycles. The number of rotatable bonds is 5. The molecule has 0 saturated carbocycles. The number of nitro groups is 1. The molecule has 0 bridgehead atoms. The summed E-state index contributed by atoms with van der Waals surface area (Å²) in [6, 6.07) is 13.0. The lowest BCUT2D eigenvalue weighted by molar-refractivity contribution is -0.384. The van der Waals surface area contributed by atoms with E-state index in [9.17, 15) is 24.5 Å². The topological polar surface area (TPSA) is 107 Å². The Morgan fingerprint density at radius 2 is 1.74 bits per heavy atom. The van der Waals surface area contributed by atoms with Gasteiger partial charge in [-0.05, 0) is 24.6 Å². The van der Waals surface area contributed by atoms with Gasteiger partial charge in [0.2, 0.25) is 5.78 Å². The van der Waals surface area contributed by atoms with E-state index in [1.807, 2.05) is 0 Å². The summed E-state index contributed by atoms with van der Waals surface area (Å²) in [6.07, 6.45) is 0. The highest BCUT2D eigenvalue weighted by molar-refractivity contribution is 6.47. The number of Topliss-reactive ketones (excluding diaryl/α,β-unsaturated/α-hetero) is 1. The Hall–Kier alpha value is -3.55. The van der Waals surface area contributed by atoms with Crippen molar-refractivity contribution in [2.75, 3.05) is 11.5 Å². The van der Waals surface area contributed by atoms with Crippen LogP contribution >= 0.6 is 0 Å². The van der Waals surface area contributed by atoms with Gasteiger partial charge in [0.15, 0.2) is 0 Å². The minimum absolute atomic E-state index is 0.0792. The van der Waals surface area contributed by atoms with Gasteiger partial charge >= 0.3 is 5.97 Å². The Balaban J connectivity index is 2.09. The van der Waals surface area contributed by atoms with Gasteiger partial charge in [-0.15, -0.1) is 0 Å². The number of benzene rings is 2. The van der Waals surface area contributed by atoms with Crippen molar-refractivity contribution in [3.63, 3.8) is 0 Å². The van der Waals surface area contributed by atoms with E-state index in [4.69, 9.17) is 4.74 Å². The molecule has 3 rings (SSSR count). The number of hydrogen-bond acceptors (Lipinski definition) is 6. The molecule has 0 aromatic heterocycles. The maximum atomic E-state index is 12.7. The third kappa shape index (κ3) is 3.29. The molecule has 1 saturated heterocycles. The predicted molar refractivity (Wildman–Crippen MR) is 94.9 cm³/mol. The van der Waals surface area contributed by atoms with E-state index in [1.165, 1.54) is 29.2 Å². The van der Waals surface area contributed by atoms with E-state index in [-0.39, 0.29) is 12.3 Å². The third-order valence-corrected chi connectivity index (χ3v) is 4.33. The summed E-state index contributed by atoms with van der Waals surface area (Å²) in [6.45, 7) is 1.70. The summed E-state index contributed by atoms with van der Waals surface area (Å²) < 4.78 is 5.00. The number of carbonyl (C=O) groups excluding carboxylic acids is 3. The van der Waals surface area contributed by atoms with Crippen LogP contribution in [0.2, 0.25) is 0 Å². The van der Waals surface area contributed by atoms with Crippen molar-refractivity contribution in [1.82, 2.24) is 0 Å². The molecule has 1 aliphatic heterocycles. The molecule has 0 spiro atoms. The summed E-state index contributed by atoms with van der Waals surface area (Å²) in [5.74, 6) is -3.78. The van der Waals surface area contributed by atoms with Gasteiger partial charge in [0, 0.05) is 17.8 Å². The molecule has 0 N–H and O–H groups in total. The number of hydrogen-bond donors (Lipinski definition) is 0. The van der Waals surface area contributed by atoms with E-state index < -0.39 is 34.5 Å². The van der Waals surface area contributed by atoms with Gasteiger partial charge in [-0.25, -0.2) is 0 Å². The van der Waals surface area contributed by atoms with Crippen LogP contribution in [0.1, 0.15) is 18.5 Å². The molecule has 138 valence electrons. The van der Waals surface area contributed by atoms with Crippen LogP contribution < -0.4 is 4.90 Å². The van der Waals surface area contributed by atoms with Crippen LogP contribution in [0.15, 0.2) is 54.6 Å². The zero-order valence-corrected chi connectivity index (χ0v) is 14.4. The summed E-state index contributed by atoms with van der Waals surface area (Å²) in [5, 5.41) is 10.9. The fourth-order valence-electron chi connectivity index (χ4n) is 3.14. The molecule has 1 aliphatic rings. The van der Waals surface area contributed by atoms with Gasteiger partial charge in [0.05, 0.1) is 17.6 Å². The van der Waals surface area contributed by atoms with Gasteiger partial charge in [0.25, 0.3) is 11.6 Å². The van der Waals surface area contributed by atoms with Gasteiger partial charge in [-0.1, -0.05) is 30.3 Å². The molecule has 1 fully saturated rings. The standard InChI is InChI=1S/C19H16N2O6/c1-2-27-19(24)15-16(12-6-4-3-5-7-12)20(18(23)17(15)22)13-8-10-14(11-9-13)21(25)26/h3-11,15-16H,2H2,1H3. The van der Waals surface area contributed by atoms with Crippen molar-refractivity contribution < 1.29 is 24.0 Å². The number of nitro benzene ring substituents is 1. The Morgan fingerprint density at radius 3 is 2.30 bits per heavy atom. The molecule has 1 amide bonds. The molecule has 2 atom stereocenters. The molecule has 27 heavy (non-hydrogen) atoms. The average Bonchev–Trinajstić information content (AvgIpc) is 2.94. The van der Waals surface area contributed by atoms with E-state index >= 15 is 0 Å². The summed E-state index contributed by atoms with van der Waals surface area (Å²) >= 11 is 0. The number of carbonyl (C=O) groups is 3. The predicted octanol–water partition coefficient (Wildman–Crippen LogP) is 2.43. The average molecular weight is 368 g/mol. The molecular weight excluding hydrogens is 352 g/mol. The summed E-state index contributed by atoms with van der Waals surface area (Å²) in [7, 11) is 0. The summed E-state index contributed by atoms with van der Waals surface area (Å²) in [4.78, 5) is 49.1. The van der Waals surface area contributed by atoms with Crippen LogP contribution in [0.3, 0.4) is 0 Å². The third-order valence-electron chi connectivity index (χ3n) is 4.33. The first-order valence-corrected chi connectivity index (χ1v) is 8.29. The minimum atomic E-state index is -1.30. The first-order chi connectivity index (χ1) is 13.0. The molecule has 8 nitrogen and oxygen atoms in total. The van der Waals surface area contributed by atoms with Crippen LogP contribution in [-0.2, 0) is 19.1 Å². The van der Waals surface area contributed by atoms with Crippen molar-refractivity contribution in [3.8, 4) is 0 Å². The summed E-state index contributed by atoms with van der Waals surface area (Å²) in [5.41, 5.74) is 0.739. The normalized spacial score (nSPS) is 19.2. The second-order valence-electron chi connectivity index (χ2n) is 5.90. The number of nitrogens with zero attached hydrogens (tertiary/aromatic N) is 2. The highest BCUT2D eigenvalue weighted by Gasteiger charge is 2.53. The van der Waals surface area contributed by atoms with Crippen molar-refractivity contribution >= 4 is 29.0 Å². The maximum absolute atomic E-state index is 12.7. The van der Waals surface area contributed by atoms with E-state index in [0.717, 1.165) is 0 Å². The monoisotopic (exact) mass is 368 g/mol. The zero-order chi connectivity index (χ0) is 19.6. The largest absolute Gasteiger partial charge is 0.465 e. The number of amides is 1. The smallest absolute Gasteiger partial charge is 0.319 e. The lowest BCUT2D eigenvalue weighted by atomic mass is 9.93. The van der Waals surface area contributed by atoms with Crippen LogP contribution in [0.25, 0.3) is 0 Å². The molecule has 0 radical (unpaired) electrons. The Bertz CT molecular complexity index is 894. The molecule has 0 aliphatic carbocycles. The highest BCUT2D eigenvalue weighted by atomic mass is 16.6. The van der Waals surface area contributed by atoms with Gasteiger partial charge in [0.1, 0.15) is 5.92 Å². The van der Waals surface area contributed by atoms with E-state index in [0.29, 0.717) is 11.3 Å². The van der Waals surface area contributed by atoms with Crippen molar-refractivity contribution in [2.24, 2.45) is 5.92 Å². The molecule has 2 unspecified atom stereocenters. The molecule has 2 aromatic carbocycles. The number of esters is 1. The van der Waals surface area contributed by atoms with E-state index in [1.54, 1.807) is 37.3 Å². The second kappa shape index (κ2) is 7.36. The Kier molecular flexibility index (Phi) is 4.98. The first-order valence-electron chi connectivity index (χ1n) is 8.29. The van der Waals surface area contributed by atoms with Gasteiger partial charge < -0.3 is 4.74 Å². The Morgan fingerprint density at radius 1 is 1.11 bits per heavy atom. The van der Waals surface area contributed by atoms with Crippen LogP contribution in [-0.4, -0.2) is 29.2 Å². The van der Waals surface area contributed by atoms with Crippen molar-refractivity contribution in [3.05, 3.63) is 70.3 Å². The SMILES string of the molecule is CCOC(=O)C1C(=O)C(=O)N(c2ccc([N+](=O)[O-])cc2)C1c1ccccc1. The number of ketones is 1. The van der Waals surface area contributed by atoms with Crippen LogP contribution in [0, 0.1) is 16.0 Å². The zero-order valence-electron chi connectivity index (χ0n) is 14.4. The van der Waals surface area contributed by atoms with Crippen molar-refractivity contribution in [2.45, 2.75) is 13.0 Å². The molecule has 2 aromatic rings. The number of anilines is 1. The second-order valence-corrected chi connectivity index (χ2v) is 5.90. The fraction of sp³-hybridized carbons (Fsp3) is 0.211. The molecule has 8 heteroatoms. The lowest BCUT2D eigenvalue weighted by Crippen LogP contribution is -2.31. The minimum Gasteiger partial charge on any atom is -0.465 e. The van der Waals surface area contributed by atoms with Crippen LogP contribution in [0.4, 0.5) is 11.4 Å². The number of non-ortho nitro benzene ring substituents is 1. The van der Waals surface area contributed by atoms with Gasteiger partial charge in [-0.2, -0.15) is 0 Å². The quantitative estimate of drug-likeness (QED) is 0.264. The van der Waals surface area contributed by atoms with Crippen molar-refractivity contribution in [1.29, 1.82) is 0 Å². The molecular formula is C19H16N2O6. The maximum Gasteiger partial charge on any atom is 0.319 e. The van der Waals surface area contributed by atoms with E-state index in [2.05, 4.69) is 0 Å². The number of ether oxygens (including phenoxy) is 1. The fourth-order valence-corrected chi connectivity index (χ4v) is 3.14. The lowest BCUT2D eigenvalue weighted by Gasteiger charge is -2.26.